The van der Waals surface area contributed by atoms with Crippen LogP contribution in [0.5, 0.6) is 0 Å². The first-order valence-corrected chi connectivity index (χ1v) is 8.37. The van der Waals surface area contributed by atoms with E-state index in [4.69, 9.17) is 4.98 Å². The molecule has 0 radical (unpaired) electrons. The zero-order valence-electron chi connectivity index (χ0n) is 14.0. The molecular weight excluding hydrogens is 314 g/mol. The molecule has 6 nitrogen and oxygen atoms in total. The number of aromatic nitrogens is 4. The molecule has 0 fully saturated rings. The van der Waals surface area contributed by atoms with E-state index in [1.807, 2.05) is 42.6 Å². The summed E-state index contributed by atoms with van der Waals surface area (Å²) in [4.78, 5) is 20.0. The van der Waals surface area contributed by atoms with E-state index in [0.717, 1.165) is 35.9 Å². The zero-order valence-corrected chi connectivity index (χ0v) is 14.0. The molecule has 3 heterocycles. The maximum Gasteiger partial charge on any atom is 0.159 e. The molecule has 0 unspecified atom stereocenters. The van der Waals surface area contributed by atoms with Gasteiger partial charge in [-0.15, -0.1) is 0 Å². The van der Waals surface area contributed by atoms with E-state index in [2.05, 4.69) is 19.9 Å². The van der Waals surface area contributed by atoms with Crippen molar-refractivity contribution in [3.05, 3.63) is 65.9 Å². The molecule has 1 atom stereocenters. The second-order valence-corrected chi connectivity index (χ2v) is 6.15. The molecule has 0 aliphatic carbocycles. The van der Waals surface area contributed by atoms with Gasteiger partial charge in [0.05, 0.1) is 12.2 Å². The minimum absolute atomic E-state index is 0.441. The first-order valence-electron chi connectivity index (χ1n) is 8.37. The van der Waals surface area contributed by atoms with E-state index < -0.39 is 6.10 Å². The van der Waals surface area contributed by atoms with Crippen molar-refractivity contribution in [2.24, 2.45) is 0 Å². The summed E-state index contributed by atoms with van der Waals surface area (Å²) >= 11 is 0. The molecule has 1 aliphatic heterocycles. The third-order valence-corrected chi connectivity index (χ3v) is 4.34. The van der Waals surface area contributed by atoms with Gasteiger partial charge < -0.3 is 10.0 Å². The third-order valence-electron chi connectivity index (χ3n) is 4.34. The van der Waals surface area contributed by atoms with Crippen LogP contribution in [-0.2, 0) is 13.0 Å². The topological polar surface area (TPSA) is 75.0 Å². The van der Waals surface area contributed by atoms with Crippen LogP contribution < -0.4 is 4.90 Å². The Bertz CT molecular complexity index is 882. The molecule has 1 N–H and O–H groups in total. The molecule has 0 saturated carbocycles. The van der Waals surface area contributed by atoms with E-state index in [1.165, 1.54) is 5.56 Å². The smallest absolute Gasteiger partial charge is 0.159 e. The summed E-state index contributed by atoms with van der Waals surface area (Å²) < 4.78 is 0. The molecule has 1 aliphatic rings. The molecule has 1 aromatic carbocycles. The first-order chi connectivity index (χ1) is 12.2. The monoisotopic (exact) mass is 333 g/mol. The normalized spacial score (nSPS) is 14.9. The van der Waals surface area contributed by atoms with Gasteiger partial charge in [-0.3, -0.25) is 0 Å². The fraction of sp³-hybridized carbons (Fsp3) is 0.263. The standard InChI is InChI=1S/C19H19N5O/c1-13(25)18-20-9-7-17(23-18)24-10-8-15-11-21-19(22-16(15)12-24)14-5-3-2-4-6-14/h2-7,9,11,13,25H,8,10,12H2,1H3/t13-/m1/s1. The van der Waals surface area contributed by atoms with E-state index >= 15 is 0 Å². The quantitative estimate of drug-likeness (QED) is 0.794. The van der Waals surface area contributed by atoms with Crippen LogP contribution in [-0.4, -0.2) is 31.6 Å². The zero-order chi connectivity index (χ0) is 17.2. The molecule has 0 amide bonds. The minimum Gasteiger partial charge on any atom is -0.385 e. The Balaban J connectivity index is 1.63. The second-order valence-electron chi connectivity index (χ2n) is 6.15. The van der Waals surface area contributed by atoms with Gasteiger partial charge in [0.1, 0.15) is 11.9 Å². The van der Waals surface area contributed by atoms with Crippen molar-refractivity contribution in [3.8, 4) is 11.4 Å². The third kappa shape index (κ3) is 3.21. The number of hydrogen-bond acceptors (Lipinski definition) is 6. The van der Waals surface area contributed by atoms with Gasteiger partial charge in [0.25, 0.3) is 0 Å². The molecule has 0 bridgehead atoms. The minimum atomic E-state index is -0.677. The summed E-state index contributed by atoms with van der Waals surface area (Å²) in [6.07, 6.45) is 3.82. The van der Waals surface area contributed by atoms with Crippen molar-refractivity contribution in [1.29, 1.82) is 0 Å². The largest absolute Gasteiger partial charge is 0.385 e. The predicted molar refractivity (Wildman–Crippen MR) is 94.9 cm³/mol. The van der Waals surface area contributed by atoms with Gasteiger partial charge in [-0.1, -0.05) is 30.3 Å². The highest BCUT2D eigenvalue weighted by atomic mass is 16.3. The number of hydrogen-bond donors (Lipinski definition) is 1. The SMILES string of the molecule is C[C@@H](O)c1nccc(N2CCc3cnc(-c4ccccc4)nc3C2)n1. The molecule has 0 spiro atoms. The van der Waals surface area contributed by atoms with Crippen LogP contribution in [0.2, 0.25) is 0 Å². The molecule has 6 heteroatoms. The van der Waals surface area contributed by atoms with Crippen molar-refractivity contribution in [2.75, 3.05) is 11.4 Å². The summed E-state index contributed by atoms with van der Waals surface area (Å²) in [7, 11) is 0. The van der Waals surface area contributed by atoms with Crippen LogP contribution in [0, 0.1) is 0 Å². The number of anilines is 1. The van der Waals surface area contributed by atoms with Crippen LogP contribution in [0.15, 0.2) is 48.8 Å². The first kappa shape index (κ1) is 15.7. The van der Waals surface area contributed by atoms with Gasteiger partial charge in [-0.05, 0) is 25.0 Å². The lowest BCUT2D eigenvalue weighted by Gasteiger charge is -2.29. The van der Waals surface area contributed by atoms with Gasteiger partial charge in [0, 0.05) is 24.5 Å². The van der Waals surface area contributed by atoms with E-state index in [0.29, 0.717) is 12.4 Å². The second kappa shape index (κ2) is 6.57. The Morgan fingerprint density at radius 1 is 1.08 bits per heavy atom. The fourth-order valence-electron chi connectivity index (χ4n) is 2.97. The number of aliphatic hydroxyl groups excluding tert-OH is 1. The molecular formula is C19H19N5O. The van der Waals surface area contributed by atoms with Crippen molar-refractivity contribution >= 4 is 5.82 Å². The lowest BCUT2D eigenvalue weighted by Crippen LogP contribution is -2.32. The van der Waals surface area contributed by atoms with Crippen LogP contribution in [0.1, 0.15) is 30.1 Å². The van der Waals surface area contributed by atoms with E-state index in [1.54, 1.807) is 13.1 Å². The molecule has 126 valence electrons. The average molecular weight is 333 g/mol. The average Bonchev–Trinajstić information content (AvgIpc) is 2.68. The van der Waals surface area contributed by atoms with Gasteiger partial charge in [0.2, 0.25) is 0 Å². The maximum absolute atomic E-state index is 9.70. The number of fused-ring (bicyclic) bond motifs is 1. The number of nitrogens with zero attached hydrogens (tertiary/aromatic N) is 5. The van der Waals surface area contributed by atoms with E-state index in [-0.39, 0.29) is 0 Å². The van der Waals surface area contributed by atoms with Crippen LogP contribution in [0.3, 0.4) is 0 Å². The summed E-state index contributed by atoms with van der Waals surface area (Å²) in [5.41, 5.74) is 3.22. The molecule has 0 saturated heterocycles. The Labute approximate surface area is 146 Å². The van der Waals surface area contributed by atoms with Gasteiger partial charge in [0.15, 0.2) is 11.6 Å². The van der Waals surface area contributed by atoms with Gasteiger partial charge >= 0.3 is 0 Å². The lowest BCUT2D eigenvalue weighted by molar-refractivity contribution is 0.189. The maximum atomic E-state index is 9.70. The molecule has 4 rings (SSSR count). The predicted octanol–water partition coefficient (Wildman–Crippen LogP) is 2.55. The summed E-state index contributed by atoms with van der Waals surface area (Å²) in [5, 5.41) is 9.70. The molecule has 25 heavy (non-hydrogen) atoms. The van der Waals surface area contributed by atoms with Crippen LogP contribution >= 0.6 is 0 Å². The van der Waals surface area contributed by atoms with Gasteiger partial charge in [-0.25, -0.2) is 19.9 Å². The molecule has 2 aromatic heterocycles. The highest BCUT2D eigenvalue weighted by Crippen LogP contribution is 2.24. The number of aliphatic hydroxyl groups is 1. The highest BCUT2D eigenvalue weighted by Gasteiger charge is 2.20. The van der Waals surface area contributed by atoms with Crippen LogP contribution in [0.25, 0.3) is 11.4 Å². The Kier molecular flexibility index (Phi) is 4.11. The van der Waals surface area contributed by atoms with E-state index in [9.17, 15) is 5.11 Å². The van der Waals surface area contributed by atoms with Crippen LogP contribution in [0.4, 0.5) is 5.82 Å². The number of benzene rings is 1. The Morgan fingerprint density at radius 3 is 2.72 bits per heavy atom. The summed E-state index contributed by atoms with van der Waals surface area (Å²) in [6.45, 7) is 3.19. The van der Waals surface area contributed by atoms with Crippen molar-refractivity contribution in [1.82, 2.24) is 19.9 Å². The Morgan fingerprint density at radius 2 is 1.92 bits per heavy atom. The summed E-state index contributed by atoms with van der Waals surface area (Å²) in [6, 6.07) is 11.9. The Hall–Kier alpha value is -2.86. The fourth-order valence-corrected chi connectivity index (χ4v) is 2.97. The van der Waals surface area contributed by atoms with Gasteiger partial charge in [-0.2, -0.15) is 0 Å². The summed E-state index contributed by atoms with van der Waals surface area (Å²) in [5.74, 6) is 2.00. The number of rotatable bonds is 3. The highest BCUT2D eigenvalue weighted by molar-refractivity contribution is 5.55. The van der Waals surface area contributed by atoms with Crippen molar-refractivity contribution < 1.29 is 5.11 Å². The van der Waals surface area contributed by atoms with Crippen molar-refractivity contribution in [2.45, 2.75) is 26.0 Å². The van der Waals surface area contributed by atoms with Crippen molar-refractivity contribution in [3.63, 3.8) is 0 Å². The molecule has 3 aromatic rings. The lowest BCUT2D eigenvalue weighted by atomic mass is 10.1.